The maximum atomic E-state index is 11.6. The maximum absolute atomic E-state index is 11.6. The van der Waals surface area contributed by atoms with Gasteiger partial charge in [0.25, 0.3) is 0 Å². The van der Waals surface area contributed by atoms with Crippen LogP contribution in [0.25, 0.3) is 10.8 Å². The molecular formula is C18H14ClN3O4Zn. The van der Waals surface area contributed by atoms with E-state index >= 15 is 0 Å². The molecule has 0 saturated carbocycles. The first-order chi connectivity index (χ1) is 12.5. The summed E-state index contributed by atoms with van der Waals surface area (Å²) in [6, 6.07) is 12.7. The van der Waals surface area contributed by atoms with Crippen LogP contribution >= 0.6 is 11.6 Å². The van der Waals surface area contributed by atoms with Gasteiger partial charge in [-0.15, -0.1) is 10.2 Å². The van der Waals surface area contributed by atoms with E-state index in [1.165, 1.54) is 31.4 Å². The number of hydrogen-bond donors (Lipinski definition) is 3. The molecule has 0 unspecified atom stereocenters. The molecule has 0 atom stereocenters. The molecule has 3 aromatic rings. The zero-order chi connectivity index (χ0) is 18.7. The van der Waals surface area contributed by atoms with Crippen molar-refractivity contribution in [2.75, 3.05) is 12.4 Å². The van der Waals surface area contributed by atoms with E-state index in [1.54, 1.807) is 24.3 Å². The first-order valence-electron chi connectivity index (χ1n) is 7.49. The van der Waals surface area contributed by atoms with Crippen molar-refractivity contribution >= 4 is 45.5 Å². The van der Waals surface area contributed by atoms with Gasteiger partial charge in [0.1, 0.15) is 22.9 Å². The quantitative estimate of drug-likeness (QED) is 0.372. The molecule has 0 aliphatic rings. The number of carbonyl (C=O) groups is 1. The third kappa shape index (κ3) is 4.53. The molecule has 3 aromatic carbocycles. The Balaban J connectivity index is 0.00000261. The number of hydrogen-bond acceptors (Lipinski definition) is 6. The molecule has 0 aromatic heterocycles. The molecule has 0 spiro atoms. The van der Waals surface area contributed by atoms with Crippen molar-refractivity contribution < 1.29 is 39.2 Å². The molecule has 0 bridgehead atoms. The van der Waals surface area contributed by atoms with Crippen LogP contribution in [-0.4, -0.2) is 23.4 Å². The van der Waals surface area contributed by atoms with Crippen LogP contribution in [-0.2, 0) is 24.2 Å². The van der Waals surface area contributed by atoms with Gasteiger partial charge in [0.15, 0.2) is 0 Å². The normalized spacial score (nSPS) is 10.6. The van der Waals surface area contributed by atoms with Gasteiger partial charge in [-0.3, -0.25) is 5.32 Å². The topological polar surface area (TPSA) is 104 Å². The minimum atomic E-state index is -0.656. The zero-order valence-electron chi connectivity index (χ0n) is 14.3. The van der Waals surface area contributed by atoms with Crippen molar-refractivity contribution in [3.05, 3.63) is 53.6 Å². The first kappa shape index (κ1) is 20.6. The van der Waals surface area contributed by atoms with Crippen LogP contribution in [0.5, 0.6) is 11.5 Å². The molecule has 3 N–H and O–H groups in total. The van der Waals surface area contributed by atoms with E-state index < -0.39 is 6.09 Å². The van der Waals surface area contributed by atoms with E-state index in [0.29, 0.717) is 16.1 Å². The fraction of sp³-hybridized carbons (Fsp3) is 0.0556. The summed E-state index contributed by atoms with van der Waals surface area (Å²) in [5, 5.41) is 32.3. The average molecular weight is 437 g/mol. The number of halogens is 1. The number of methoxy groups -OCH3 is 1. The van der Waals surface area contributed by atoms with Gasteiger partial charge in [-0.05, 0) is 35.7 Å². The molecule has 3 rings (SSSR count). The van der Waals surface area contributed by atoms with E-state index in [0.717, 1.165) is 5.39 Å². The van der Waals surface area contributed by atoms with Crippen LogP contribution in [0.3, 0.4) is 0 Å². The first-order valence-corrected chi connectivity index (χ1v) is 7.87. The Kier molecular flexibility index (Phi) is 6.72. The molecule has 9 heteroatoms. The number of ether oxygens (including phenoxy) is 1. The second kappa shape index (κ2) is 8.80. The van der Waals surface area contributed by atoms with Crippen molar-refractivity contribution in [1.82, 2.24) is 0 Å². The molecule has 1 amide bonds. The SMILES string of the molecule is COC(=O)Nc1cccc2ccc(O)c(N=Nc3cc(Cl)ccc3O)c12.[Zn]. The Labute approximate surface area is 172 Å². The predicted molar refractivity (Wildman–Crippen MR) is 98.9 cm³/mol. The summed E-state index contributed by atoms with van der Waals surface area (Å²) in [6.07, 6.45) is -0.656. The van der Waals surface area contributed by atoms with Crippen LogP contribution in [0.1, 0.15) is 0 Å². The van der Waals surface area contributed by atoms with Gasteiger partial charge in [0.05, 0.1) is 12.8 Å². The summed E-state index contributed by atoms with van der Waals surface area (Å²) in [4.78, 5) is 11.6. The van der Waals surface area contributed by atoms with Crippen molar-refractivity contribution in [1.29, 1.82) is 0 Å². The van der Waals surface area contributed by atoms with E-state index in [4.69, 9.17) is 11.6 Å². The molecule has 134 valence electrons. The molecule has 0 fully saturated rings. The second-order valence-corrected chi connectivity index (χ2v) is 5.72. The van der Waals surface area contributed by atoms with Gasteiger partial charge in [-0.1, -0.05) is 29.8 Å². The number of fused-ring (bicyclic) bond motifs is 1. The number of aromatic hydroxyl groups is 2. The van der Waals surface area contributed by atoms with E-state index in [9.17, 15) is 15.0 Å². The predicted octanol–water partition coefficient (Wildman–Crippen LogP) is 5.50. The summed E-state index contributed by atoms with van der Waals surface area (Å²) in [5.41, 5.74) is 0.677. The Morgan fingerprint density at radius 2 is 1.81 bits per heavy atom. The zero-order valence-corrected chi connectivity index (χ0v) is 18.0. The number of phenols is 2. The van der Waals surface area contributed by atoms with Crippen molar-refractivity contribution in [2.24, 2.45) is 10.2 Å². The average Bonchev–Trinajstić information content (AvgIpc) is 2.63. The number of nitrogens with one attached hydrogen (secondary N) is 1. The molecule has 0 radical (unpaired) electrons. The van der Waals surface area contributed by atoms with Crippen molar-refractivity contribution in [3.63, 3.8) is 0 Å². The van der Waals surface area contributed by atoms with E-state index in [-0.39, 0.29) is 42.4 Å². The van der Waals surface area contributed by atoms with Gasteiger partial charge in [-0.2, -0.15) is 0 Å². The van der Waals surface area contributed by atoms with Crippen LogP contribution in [0.2, 0.25) is 5.02 Å². The van der Waals surface area contributed by atoms with Crippen molar-refractivity contribution in [2.45, 2.75) is 0 Å². The molecule has 0 aliphatic carbocycles. The molecule has 27 heavy (non-hydrogen) atoms. The van der Waals surface area contributed by atoms with Gasteiger partial charge in [-0.25, -0.2) is 4.79 Å². The standard InChI is InChI=1S/C18H14ClN3O4.Zn/c1-26-18(25)20-12-4-2-3-10-5-7-15(24)17(16(10)12)22-21-13-9-11(19)6-8-14(13)23;/h2-9,23-24H,1H3,(H,20,25);. The Hall–Kier alpha value is -2.70. The Morgan fingerprint density at radius 1 is 1.07 bits per heavy atom. The van der Waals surface area contributed by atoms with Gasteiger partial charge >= 0.3 is 6.09 Å². The molecule has 0 aliphatic heterocycles. The van der Waals surface area contributed by atoms with Crippen LogP contribution in [0, 0.1) is 0 Å². The van der Waals surface area contributed by atoms with E-state index in [1.807, 2.05) is 0 Å². The van der Waals surface area contributed by atoms with Gasteiger partial charge in [0, 0.05) is 29.9 Å². The Bertz CT molecular complexity index is 1030. The number of azo groups is 1. The molecule has 0 heterocycles. The summed E-state index contributed by atoms with van der Waals surface area (Å²) < 4.78 is 4.62. The minimum Gasteiger partial charge on any atom is -0.506 e. The maximum Gasteiger partial charge on any atom is 0.411 e. The fourth-order valence-electron chi connectivity index (χ4n) is 2.40. The number of amides is 1. The third-order valence-electron chi connectivity index (χ3n) is 3.61. The summed E-state index contributed by atoms with van der Waals surface area (Å²) in [7, 11) is 1.25. The largest absolute Gasteiger partial charge is 0.506 e. The number of anilines is 1. The fourth-order valence-corrected chi connectivity index (χ4v) is 2.56. The van der Waals surface area contributed by atoms with Crippen LogP contribution in [0.15, 0.2) is 58.8 Å². The summed E-state index contributed by atoms with van der Waals surface area (Å²) in [5.74, 6) is -0.243. The minimum absolute atomic E-state index is 0. The number of benzene rings is 3. The Morgan fingerprint density at radius 3 is 2.56 bits per heavy atom. The molecule has 0 saturated heterocycles. The number of nitrogens with zero attached hydrogens (tertiary/aromatic N) is 2. The van der Waals surface area contributed by atoms with Crippen LogP contribution in [0.4, 0.5) is 21.9 Å². The smallest absolute Gasteiger partial charge is 0.411 e. The summed E-state index contributed by atoms with van der Waals surface area (Å²) in [6.45, 7) is 0. The van der Waals surface area contributed by atoms with Gasteiger partial charge in [0.2, 0.25) is 0 Å². The summed E-state index contributed by atoms with van der Waals surface area (Å²) >= 11 is 5.90. The second-order valence-electron chi connectivity index (χ2n) is 5.29. The number of phenolic OH excluding ortho intramolecular Hbond substituents is 2. The molecule has 7 nitrogen and oxygen atoms in total. The van der Waals surface area contributed by atoms with Crippen molar-refractivity contribution in [3.8, 4) is 11.5 Å². The van der Waals surface area contributed by atoms with E-state index in [2.05, 4.69) is 20.3 Å². The third-order valence-corrected chi connectivity index (χ3v) is 3.85. The number of carbonyl (C=O) groups excluding carboxylic acids is 1. The number of rotatable bonds is 3. The van der Waals surface area contributed by atoms with Crippen LogP contribution < -0.4 is 5.32 Å². The van der Waals surface area contributed by atoms with Gasteiger partial charge < -0.3 is 14.9 Å². The monoisotopic (exact) mass is 435 g/mol. The molecular weight excluding hydrogens is 423 g/mol.